The number of rotatable bonds is 6. The number of benzene rings is 1. The molecule has 2 fully saturated rings. The van der Waals surface area contributed by atoms with E-state index in [-0.39, 0.29) is 24.0 Å². The fourth-order valence-electron chi connectivity index (χ4n) is 4.37. The van der Waals surface area contributed by atoms with Gasteiger partial charge in [0.25, 0.3) is 0 Å². The van der Waals surface area contributed by atoms with E-state index in [1.54, 1.807) is 0 Å². The quantitative estimate of drug-likeness (QED) is 0.351. The normalized spacial score (nSPS) is 19.1. The summed E-state index contributed by atoms with van der Waals surface area (Å²) in [6, 6.07) is 15.2. The Bertz CT molecular complexity index is 787. The van der Waals surface area contributed by atoms with E-state index in [2.05, 4.69) is 69.5 Å². The van der Waals surface area contributed by atoms with Crippen LogP contribution < -0.4 is 10.2 Å². The zero-order chi connectivity index (χ0) is 19.9. The first-order chi connectivity index (χ1) is 14.3. The molecular weight excluding hydrogens is 485 g/mol. The molecule has 4 rings (SSSR count). The predicted octanol–water partition coefficient (Wildman–Crippen LogP) is 4.33. The highest BCUT2D eigenvalue weighted by Crippen LogP contribution is 2.21. The van der Waals surface area contributed by atoms with Gasteiger partial charge in [-0.2, -0.15) is 0 Å². The van der Waals surface area contributed by atoms with Gasteiger partial charge < -0.3 is 15.1 Å². The Morgan fingerprint density at radius 1 is 1.07 bits per heavy atom. The number of nitrogens with zero attached hydrogens (tertiary/aromatic N) is 4. The highest BCUT2D eigenvalue weighted by Gasteiger charge is 2.25. The van der Waals surface area contributed by atoms with Crippen LogP contribution in [0.1, 0.15) is 37.3 Å². The summed E-state index contributed by atoms with van der Waals surface area (Å²) in [7, 11) is 0. The van der Waals surface area contributed by atoms with Gasteiger partial charge in [-0.3, -0.25) is 0 Å². The van der Waals surface area contributed by atoms with Crippen molar-refractivity contribution in [3.05, 3.63) is 59.8 Å². The van der Waals surface area contributed by atoms with Crippen LogP contribution in [-0.2, 0) is 13.0 Å². The first-order valence-electron chi connectivity index (χ1n) is 11.1. The molecular formula is C24H34IN5. The van der Waals surface area contributed by atoms with Gasteiger partial charge in [-0.1, -0.05) is 36.4 Å². The minimum atomic E-state index is 0. The van der Waals surface area contributed by atoms with E-state index < -0.39 is 0 Å². The number of hydrogen-bond acceptors (Lipinski definition) is 3. The van der Waals surface area contributed by atoms with Crippen molar-refractivity contribution >= 4 is 35.8 Å². The van der Waals surface area contributed by atoms with Crippen molar-refractivity contribution in [2.45, 2.75) is 39.2 Å². The van der Waals surface area contributed by atoms with Gasteiger partial charge in [-0.15, -0.1) is 24.0 Å². The van der Waals surface area contributed by atoms with E-state index in [1.807, 2.05) is 6.20 Å². The number of likely N-dealkylation sites (tertiary alicyclic amines) is 1. The fourth-order valence-corrected chi connectivity index (χ4v) is 4.37. The molecule has 162 valence electrons. The van der Waals surface area contributed by atoms with Crippen molar-refractivity contribution < 1.29 is 0 Å². The molecule has 1 N–H and O–H groups in total. The van der Waals surface area contributed by atoms with Gasteiger partial charge in [0.2, 0.25) is 0 Å². The van der Waals surface area contributed by atoms with Crippen LogP contribution in [0, 0.1) is 5.92 Å². The van der Waals surface area contributed by atoms with Crippen LogP contribution in [0.3, 0.4) is 0 Å². The monoisotopic (exact) mass is 519 g/mol. The van der Waals surface area contributed by atoms with E-state index in [0.29, 0.717) is 12.5 Å². The number of nitrogens with one attached hydrogen (secondary N) is 1. The maximum absolute atomic E-state index is 4.91. The topological polar surface area (TPSA) is 43.8 Å². The van der Waals surface area contributed by atoms with Gasteiger partial charge in [-0.05, 0) is 55.7 Å². The Labute approximate surface area is 198 Å². The number of aromatic nitrogens is 1. The third-order valence-corrected chi connectivity index (χ3v) is 5.94. The molecule has 2 aliphatic heterocycles. The molecule has 1 atom stereocenters. The molecule has 3 heterocycles. The van der Waals surface area contributed by atoms with E-state index in [4.69, 9.17) is 4.99 Å². The number of hydrogen-bond donors (Lipinski definition) is 1. The number of guanidine groups is 1. The van der Waals surface area contributed by atoms with Gasteiger partial charge in [0.1, 0.15) is 5.82 Å². The lowest BCUT2D eigenvalue weighted by Crippen LogP contribution is -2.40. The van der Waals surface area contributed by atoms with E-state index in [0.717, 1.165) is 50.9 Å². The molecule has 1 aromatic heterocycles. The summed E-state index contributed by atoms with van der Waals surface area (Å²) in [5, 5.41) is 3.48. The molecule has 0 aliphatic carbocycles. The minimum Gasteiger partial charge on any atom is -0.357 e. The van der Waals surface area contributed by atoms with E-state index in [9.17, 15) is 0 Å². The van der Waals surface area contributed by atoms with Gasteiger partial charge in [0.15, 0.2) is 5.96 Å². The van der Waals surface area contributed by atoms with Crippen LogP contribution in [0.5, 0.6) is 0 Å². The maximum atomic E-state index is 4.91. The third-order valence-electron chi connectivity index (χ3n) is 5.94. The molecule has 0 amide bonds. The van der Waals surface area contributed by atoms with Crippen molar-refractivity contribution in [2.75, 3.05) is 37.6 Å². The molecule has 0 spiro atoms. The Balaban J connectivity index is 0.00000256. The van der Waals surface area contributed by atoms with Crippen LogP contribution in [0.15, 0.2) is 53.7 Å². The second-order valence-corrected chi connectivity index (χ2v) is 8.18. The maximum Gasteiger partial charge on any atom is 0.194 e. The summed E-state index contributed by atoms with van der Waals surface area (Å²) in [5.74, 6) is 2.83. The highest BCUT2D eigenvalue weighted by atomic mass is 127. The summed E-state index contributed by atoms with van der Waals surface area (Å²) < 4.78 is 0. The fraction of sp³-hybridized carbons (Fsp3) is 0.500. The molecule has 5 nitrogen and oxygen atoms in total. The largest absolute Gasteiger partial charge is 0.357 e. The Hall–Kier alpha value is -1.83. The summed E-state index contributed by atoms with van der Waals surface area (Å²) in [5.41, 5.74) is 2.61. The van der Waals surface area contributed by atoms with Crippen molar-refractivity contribution in [2.24, 2.45) is 10.9 Å². The Morgan fingerprint density at radius 2 is 1.87 bits per heavy atom. The minimum absolute atomic E-state index is 0. The van der Waals surface area contributed by atoms with Crippen molar-refractivity contribution in [3.63, 3.8) is 0 Å². The number of aliphatic imine (C=N–C) groups is 1. The first-order valence-corrected chi connectivity index (χ1v) is 11.1. The summed E-state index contributed by atoms with van der Waals surface area (Å²) in [6.07, 6.45) is 6.93. The molecule has 0 bridgehead atoms. The number of anilines is 1. The summed E-state index contributed by atoms with van der Waals surface area (Å²) in [6.45, 7) is 8.13. The molecule has 6 heteroatoms. The lowest BCUT2D eigenvalue weighted by atomic mass is 9.99. The molecule has 30 heavy (non-hydrogen) atoms. The smallest absolute Gasteiger partial charge is 0.194 e. The van der Waals surface area contributed by atoms with Crippen molar-refractivity contribution in [1.82, 2.24) is 15.2 Å². The van der Waals surface area contributed by atoms with Gasteiger partial charge in [0.05, 0.1) is 6.54 Å². The Kier molecular flexibility index (Phi) is 8.78. The molecule has 1 unspecified atom stereocenters. The second kappa shape index (κ2) is 11.5. The van der Waals surface area contributed by atoms with Crippen LogP contribution in [0.25, 0.3) is 0 Å². The zero-order valence-electron chi connectivity index (χ0n) is 18.0. The lowest BCUT2D eigenvalue weighted by Gasteiger charge is -2.22. The van der Waals surface area contributed by atoms with Gasteiger partial charge in [0, 0.05) is 38.9 Å². The second-order valence-electron chi connectivity index (χ2n) is 8.18. The Morgan fingerprint density at radius 3 is 2.57 bits per heavy atom. The standard InChI is InChI=1S/C24H33N5.HI/c1-2-25-24(29-15-12-21(19-29)16-20-8-4-3-5-9-20)27-18-22-10-11-23(26-17-22)28-13-6-7-14-28;/h3-5,8-11,17,21H,2,6-7,12-16,18-19H2,1H3,(H,25,27);1H. The molecule has 2 saturated heterocycles. The van der Waals surface area contributed by atoms with E-state index >= 15 is 0 Å². The van der Waals surface area contributed by atoms with Crippen LogP contribution in [0.2, 0.25) is 0 Å². The number of halogens is 1. The number of pyridine rings is 1. The van der Waals surface area contributed by atoms with Gasteiger partial charge >= 0.3 is 0 Å². The third kappa shape index (κ3) is 6.09. The molecule has 2 aliphatic rings. The lowest BCUT2D eigenvalue weighted by molar-refractivity contribution is 0.460. The predicted molar refractivity (Wildman–Crippen MR) is 136 cm³/mol. The zero-order valence-corrected chi connectivity index (χ0v) is 20.3. The molecule has 1 aromatic carbocycles. The molecule has 2 aromatic rings. The SMILES string of the molecule is CCNC(=NCc1ccc(N2CCCC2)nc1)N1CCC(Cc2ccccc2)C1.I. The summed E-state index contributed by atoms with van der Waals surface area (Å²) in [4.78, 5) is 14.4. The van der Waals surface area contributed by atoms with Crippen LogP contribution >= 0.6 is 24.0 Å². The average molecular weight is 519 g/mol. The molecule has 0 radical (unpaired) electrons. The van der Waals surface area contributed by atoms with Crippen molar-refractivity contribution in [3.8, 4) is 0 Å². The summed E-state index contributed by atoms with van der Waals surface area (Å²) >= 11 is 0. The van der Waals surface area contributed by atoms with Crippen LogP contribution in [-0.4, -0.2) is 48.6 Å². The molecule has 0 saturated carbocycles. The first kappa shape index (κ1) is 22.8. The average Bonchev–Trinajstić information content (AvgIpc) is 3.45. The van der Waals surface area contributed by atoms with E-state index in [1.165, 1.54) is 30.4 Å². The van der Waals surface area contributed by atoms with Gasteiger partial charge in [-0.25, -0.2) is 9.98 Å². The highest BCUT2D eigenvalue weighted by molar-refractivity contribution is 14.0. The van der Waals surface area contributed by atoms with Crippen molar-refractivity contribution in [1.29, 1.82) is 0 Å². The van der Waals surface area contributed by atoms with Crippen LogP contribution in [0.4, 0.5) is 5.82 Å².